The lowest BCUT2D eigenvalue weighted by atomic mass is 10.2. The van der Waals surface area contributed by atoms with Crippen molar-refractivity contribution >= 4 is 67.6 Å². The number of carbonyl (C=O) groups is 2. The van der Waals surface area contributed by atoms with Gasteiger partial charge in [0.15, 0.2) is 9.84 Å². The number of nitrogens with zero attached hydrogens (tertiary/aromatic N) is 1. The molecule has 1 fully saturated rings. The third-order valence-corrected chi connectivity index (χ3v) is 7.11. The van der Waals surface area contributed by atoms with E-state index < -0.39 is 27.8 Å². The summed E-state index contributed by atoms with van der Waals surface area (Å²) in [5.41, 5.74) is 0.679. The lowest BCUT2D eigenvalue weighted by Gasteiger charge is -2.23. The predicted molar refractivity (Wildman–Crippen MR) is 111 cm³/mol. The summed E-state index contributed by atoms with van der Waals surface area (Å²) < 4.78 is 23.2. The normalized spacial score (nSPS) is 23.9. The minimum Gasteiger partial charge on any atom is -0.347 e. The SMILES string of the molecule is CC(C(=O)NC1C=CS(=O)(=O)C1)N1C(=O)C(=Cc2ccccc2Cl)SC1=S. The summed E-state index contributed by atoms with van der Waals surface area (Å²) in [4.78, 5) is 26.8. The molecule has 0 aromatic heterocycles. The maximum Gasteiger partial charge on any atom is 0.266 e. The summed E-state index contributed by atoms with van der Waals surface area (Å²) >= 11 is 12.5. The van der Waals surface area contributed by atoms with Crippen LogP contribution in [0.15, 0.2) is 40.7 Å². The van der Waals surface area contributed by atoms with Gasteiger partial charge >= 0.3 is 0 Å². The highest BCUT2D eigenvalue weighted by atomic mass is 35.5. The first-order chi connectivity index (χ1) is 12.7. The third kappa shape index (κ3) is 4.43. The first-order valence-corrected chi connectivity index (χ1v) is 11.2. The fourth-order valence-corrected chi connectivity index (χ4v) is 5.47. The zero-order chi connectivity index (χ0) is 19.8. The van der Waals surface area contributed by atoms with Crippen molar-refractivity contribution in [3.8, 4) is 0 Å². The van der Waals surface area contributed by atoms with E-state index in [2.05, 4.69) is 5.32 Å². The van der Waals surface area contributed by atoms with Crippen LogP contribution in [0.5, 0.6) is 0 Å². The van der Waals surface area contributed by atoms with Gasteiger partial charge in [-0.15, -0.1) is 0 Å². The highest BCUT2D eigenvalue weighted by Crippen LogP contribution is 2.35. The molecular formula is C17H15ClN2O4S3. The number of thioether (sulfide) groups is 1. The molecule has 2 aliphatic rings. The Labute approximate surface area is 171 Å². The number of hydrogen-bond donors (Lipinski definition) is 1. The van der Waals surface area contributed by atoms with Gasteiger partial charge in [0, 0.05) is 10.4 Å². The number of sulfone groups is 1. The Morgan fingerprint density at radius 1 is 1.44 bits per heavy atom. The number of benzene rings is 1. The Kier molecular flexibility index (Phi) is 5.76. The summed E-state index contributed by atoms with van der Waals surface area (Å²) in [7, 11) is -3.28. The Balaban J connectivity index is 1.74. The second-order valence-electron chi connectivity index (χ2n) is 6.02. The molecule has 3 rings (SSSR count). The highest BCUT2D eigenvalue weighted by Gasteiger charge is 2.39. The second-order valence-corrected chi connectivity index (χ2v) is 10.0. The molecule has 2 amide bonds. The van der Waals surface area contributed by atoms with Crippen LogP contribution in [0.25, 0.3) is 6.08 Å². The maximum atomic E-state index is 12.7. The van der Waals surface area contributed by atoms with E-state index in [0.29, 0.717) is 15.5 Å². The minimum atomic E-state index is -3.28. The number of nitrogens with one attached hydrogen (secondary N) is 1. The van der Waals surface area contributed by atoms with Gasteiger partial charge in [-0.1, -0.05) is 53.8 Å². The largest absolute Gasteiger partial charge is 0.347 e. The predicted octanol–water partition coefficient (Wildman–Crippen LogP) is 2.36. The first-order valence-electron chi connectivity index (χ1n) is 7.91. The number of halogens is 1. The smallest absolute Gasteiger partial charge is 0.266 e. The Morgan fingerprint density at radius 3 is 2.78 bits per heavy atom. The fraction of sp³-hybridized carbons (Fsp3) is 0.235. The number of amides is 2. The molecule has 27 heavy (non-hydrogen) atoms. The van der Waals surface area contributed by atoms with Gasteiger partial charge in [-0.3, -0.25) is 14.5 Å². The number of carbonyl (C=O) groups excluding carboxylic acids is 2. The van der Waals surface area contributed by atoms with Gasteiger partial charge < -0.3 is 5.32 Å². The zero-order valence-electron chi connectivity index (χ0n) is 14.1. The van der Waals surface area contributed by atoms with Crippen LogP contribution in [0, 0.1) is 0 Å². The van der Waals surface area contributed by atoms with Gasteiger partial charge in [0.05, 0.1) is 16.7 Å². The van der Waals surface area contributed by atoms with Crippen molar-refractivity contribution in [2.24, 2.45) is 0 Å². The van der Waals surface area contributed by atoms with Crippen molar-refractivity contribution < 1.29 is 18.0 Å². The molecule has 2 unspecified atom stereocenters. The highest BCUT2D eigenvalue weighted by molar-refractivity contribution is 8.26. The van der Waals surface area contributed by atoms with Crippen LogP contribution >= 0.6 is 35.6 Å². The average Bonchev–Trinajstić information content (AvgIpc) is 3.07. The van der Waals surface area contributed by atoms with Crippen molar-refractivity contribution in [1.82, 2.24) is 10.2 Å². The molecule has 2 aliphatic heterocycles. The van der Waals surface area contributed by atoms with Crippen molar-refractivity contribution in [3.05, 3.63) is 51.2 Å². The van der Waals surface area contributed by atoms with Crippen LogP contribution in [-0.2, 0) is 19.4 Å². The van der Waals surface area contributed by atoms with E-state index in [0.717, 1.165) is 17.2 Å². The molecule has 0 saturated carbocycles. The van der Waals surface area contributed by atoms with Gasteiger partial charge in [0.1, 0.15) is 10.4 Å². The zero-order valence-corrected chi connectivity index (χ0v) is 17.3. The molecule has 0 aliphatic carbocycles. The van der Waals surface area contributed by atoms with E-state index >= 15 is 0 Å². The second kappa shape index (κ2) is 7.75. The molecule has 1 aromatic rings. The first kappa shape index (κ1) is 20.1. The molecule has 142 valence electrons. The molecule has 1 saturated heterocycles. The Hall–Kier alpha value is -1.68. The third-order valence-electron chi connectivity index (χ3n) is 4.04. The fourth-order valence-electron chi connectivity index (χ4n) is 2.63. The Bertz CT molecular complexity index is 988. The molecule has 2 heterocycles. The summed E-state index contributed by atoms with van der Waals surface area (Å²) in [5, 5.41) is 4.20. The van der Waals surface area contributed by atoms with Crippen LogP contribution in [0.1, 0.15) is 12.5 Å². The number of rotatable bonds is 4. The van der Waals surface area contributed by atoms with E-state index in [1.165, 1.54) is 11.0 Å². The van der Waals surface area contributed by atoms with Gasteiger partial charge in [0.2, 0.25) is 5.91 Å². The van der Waals surface area contributed by atoms with Crippen LogP contribution in [0.4, 0.5) is 0 Å². The van der Waals surface area contributed by atoms with Crippen molar-refractivity contribution in [3.63, 3.8) is 0 Å². The van der Waals surface area contributed by atoms with Crippen molar-refractivity contribution in [2.75, 3.05) is 5.75 Å². The van der Waals surface area contributed by atoms with Crippen LogP contribution < -0.4 is 5.32 Å². The molecule has 0 bridgehead atoms. The summed E-state index contributed by atoms with van der Waals surface area (Å²) in [5.74, 6) is -1.05. The van der Waals surface area contributed by atoms with Gasteiger partial charge in [-0.05, 0) is 30.7 Å². The molecule has 1 N–H and O–H groups in total. The van der Waals surface area contributed by atoms with E-state index in [1.807, 2.05) is 0 Å². The standard InChI is InChI=1S/C17H15ClN2O4S3/c1-10(15(21)19-12-6-7-27(23,24)9-12)20-16(22)14(26-17(20)25)8-11-4-2-3-5-13(11)18/h2-8,10,12H,9H2,1H3,(H,19,21). The lowest BCUT2D eigenvalue weighted by molar-refractivity contribution is -0.132. The topological polar surface area (TPSA) is 83.6 Å². The molecule has 2 atom stereocenters. The molecular weight excluding hydrogens is 428 g/mol. The average molecular weight is 443 g/mol. The van der Waals surface area contributed by atoms with Crippen molar-refractivity contribution in [1.29, 1.82) is 0 Å². The van der Waals surface area contributed by atoms with Crippen LogP contribution in [0.3, 0.4) is 0 Å². The maximum absolute atomic E-state index is 12.7. The van der Waals surface area contributed by atoms with E-state index in [4.69, 9.17) is 23.8 Å². The van der Waals surface area contributed by atoms with E-state index in [1.54, 1.807) is 37.3 Å². The number of thiocarbonyl (C=S) groups is 1. The van der Waals surface area contributed by atoms with Crippen molar-refractivity contribution in [2.45, 2.75) is 19.0 Å². The molecule has 0 radical (unpaired) electrons. The molecule has 6 nitrogen and oxygen atoms in total. The molecule has 0 spiro atoms. The summed E-state index contributed by atoms with van der Waals surface area (Å²) in [6.45, 7) is 1.55. The lowest BCUT2D eigenvalue weighted by Crippen LogP contribution is -2.49. The van der Waals surface area contributed by atoms with E-state index in [-0.39, 0.29) is 16.0 Å². The van der Waals surface area contributed by atoms with Gasteiger partial charge in [-0.25, -0.2) is 8.42 Å². The summed E-state index contributed by atoms with van der Waals surface area (Å²) in [6.07, 6.45) is 3.06. The monoisotopic (exact) mass is 442 g/mol. The Morgan fingerprint density at radius 2 is 2.15 bits per heavy atom. The van der Waals surface area contributed by atoms with Crippen LogP contribution in [-0.4, -0.2) is 47.3 Å². The molecule has 1 aromatic carbocycles. The number of hydrogen-bond acceptors (Lipinski definition) is 6. The van der Waals surface area contributed by atoms with E-state index in [9.17, 15) is 18.0 Å². The molecule has 10 heteroatoms. The summed E-state index contributed by atoms with van der Waals surface area (Å²) in [6, 6.07) is 5.60. The minimum absolute atomic E-state index is 0.184. The van der Waals surface area contributed by atoms with Gasteiger partial charge in [0.25, 0.3) is 5.91 Å². The van der Waals surface area contributed by atoms with Crippen LogP contribution in [0.2, 0.25) is 5.02 Å². The van der Waals surface area contributed by atoms with Gasteiger partial charge in [-0.2, -0.15) is 0 Å². The quantitative estimate of drug-likeness (QED) is 0.569.